The van der Waals surface area contributed by atoms with Crippen molar-refractivity contribution in [2.45, 2.75) is 45.8 Å². The van der Waals surface area contributed by atoms with Crippen LogP contribution in [0.3, 0.4) is 0 Å². The molecule has 0 aromatic heterocycles. The number of hydrogen-bond donors (Lipinski definition) is 2. The van der Waals surface area contributed by atoms with Gasteiger partial charge in [0.25, 0.3) is 0 Å². The van der Waals surface area contributed by atoms with E-state index >= 15 is 0 Å². The lowest BCUT2D eigenvalue weighted by molar-refractivity contribution is 0.0512. The van der Waals surface area contributed by atoms with Gasteiger partial charge in [-0.25, -0.2) is 0 Å². The molecule has 1 aromatic rings. The number of ether oxygens (including phenoxy) is 2. The highest BCUT2D eigenvalue weighted by atomic mass is 16.5. The zero-order chi connectivity index (χ0) is 15.9. The minimum absolute atomic E-state index is 0.317. The van der Waals surface area contributed by atoms with Gasteiger partial charge in [-0.15, -0.1) is 0 Å². The Labute approximate surface area is 133 Å². The van der Waals surface area contributed by atoms with E-state index in [9.17, 15) is 5.11 Å². The first-order valence-corrected chi connectivity index (χ1v) is 8.25. The third-order valence-corrected chi connectivity index (χ3v) is 4.42. The molecule has 4 nitrogen and oxygen atoms in total. The van der Waals surface area contributed by atoms with Gasteiger partial charge in [0.15, 0.2) is 0 Å². The van der Waals surface area contributed by atoms with E-state index in [1.54, 1.807) is 0 Å². The summed E-state index contributed by atoms with van der Waals surface area (Å²) >= 11 is 0. The van der Waals surface area contributed by atoms with Crippen LogP contribution in [0.2, 0.25) is 0 Å². The molecule has 0 aliphatic carbocycles. The highest BCUT2D eigenvalue weighted by Crippen LogP contribution is 2.20. The Balaban J connectivity index is 1.71. The second-order valence-corrected chi connectivity index (χ2v) is 6.38. The van der Waals surface area contributed by atoms with E-state index in [-0.39, 0.29) is 0 Å². The van der Waals surface area contributed by atoms with Crippen LogP contribution < -0.4 is 10.1 Å². The molecule has 1 aromatic carbocycles. The van der Waals surface area contributed by atoms with Gasteiger partial charge in [-0.3, -0.25) is 0 Å². The van der Waals surface area contributed by atoms with Gasteiger partial charge in [-0.2, -0.15) is 0 Å². The number of aliphatic hydroxyl groups excluding tert-OH is 1. The number of aliphatic hydroxyl groups is 1. The fraction of sp³-hybridized carbons (Fsp3) is 0.667. The maximum Gasteiger partial charge on any atom is 0.122 e. The number of rotatable bonds is 7. The minimum atomic E-state index is -0.498. The van der Waals surface area contributed by atoms with Crippen LogP contribution in [-0.2, 0) is 4.74 Å². The van der Waals surface area contributed by atoms with Crippen molar-refractivity contribution in [2.75, 3.05) is 26.4 Å². The van der Waals surface area contributed by atoms with Crippen molar-refractivity contribution in [3.05, 3.63) is 29.3 Å². The molecule has 2 N–H and O–H groups in total. The predicted molar refractivity (Wildman–Crippen MR) is 88.4 cm³/mol. The van der Waals surface area contributed by atoms with Crippen LogP contribution in [0.5, 0.6) is 5.75 Å². The van der Waals surface area contributed by atoms with E-state index in [0.29, 0.717) is 25.1 Å². The molecule has 0 amide bonds. The van der Waals surface area contributed by atoms with Gasteiger partial charge in [-0.1, -0.05) is 12.1 Å². The Morgan fingerprint density at radius 3 is 2.77 bits per heavy atom. The van der Waals surface area contributed by atoms with Crippen LogP contribution in [0.1, 0.15) is 30.9 Å². The fourth-order valence-electron chi connectivity index (χ4n) is 2.81. The smallest absolute Gasteiger partial charge is 0.122 e. The molecule has 124 valence electrons. The van der Waals surface area contributed by atoms with Gasteiger partial charge in [0.1, 0.15) is 18.5 Å². The lowest BCUT2D eigenvalue weighted by atomic mass is 9.93. The van der Waals surface area contributed by atoms with Crippen LogP contribution in [0.25, 0.3) is 0 Å². The summed E-state index contributed by atoms with van der Waals surface area (Å²) in [6, 6.07) is 6.53. The lowest BCUT2D eigenvalue weighted by Gasteiger charge is -2.29. The molecule has 0 radical (unpaired) electrons. The van der Waals surface area contributed by atoms with Crippen molar-refractivity contribution in [1.29, 1.82) is 0 Å². The van der Waals surface area contributed by atoms with Gasteiger partial charge < -0.3 is 19.9 Å². The van der Waals surface area contributed by atoms with Crippen molar-refractivity contribution in [3.8, 4) is 5.75 Å². The highest BCUT2D eigenvalue weighted by Gasteiger charge is 2.20. The molecule has 0 bridgehead atoms. The van der Waals surface area contributed by atoms with Crippen molar-refractivity contribution in [3.63, 3.8) is 0 Å². The van der Waals surface area contributed by atoms with Crippen LogP contribution in [0.15, 0.2) is 18.2 Å². The SMILES string of the molecule is Cc1ccc(C)c(OCC(O)CNC(C)C2CCOCC2)c1. The predicted octanol–water partition coefficient (Wildman–Crippen LogP) is 2.45. The normalized spacial score (nSPS) is 18.9. The summed E-state index contributed by atoms with van der Waals surface area (Å²) in [5, 5.41) is 13.5. The molecule has 1 heterocycles. The van der Waals surface area contributed by atoms with Crippen LogP contribution in [0.4, 0.5) is 0 Å². The van der Waals surface area contributed by atoms with E-state index in [1.807, 2.05) is 26.0 Å². The second-order valence-electron chi connectivity index (χ2n) is 6.38. The van der Waals surface area contributed by atoms with Gasteiger partial charge in [-0.05, 0) is 56.7 Å². The van der Waals surface area contributed by atoms with Crippen molar-refractivity contribution in [1.82, 2.24) is 5.32 Å². The van der Waals surface area contributed by atoms with Crippen molar-refractivity contribution in [2.24, 2.45) is 5.92 Å². The second kappa shape index (κ2) is 8.51. The Morgan fingerprint density at radius 1 is 1.32 bits per heavy atom. The average molecular weight is 307 g/mol. The first-order chi connectivity index (χ1) is 10.6. The first-order valence-electron chi connectivity index (χ1n) is 8.25. The summed E-state index contributed by atoms with van der Waals surface area (Å²) in [7, 11) is 0. The first kappa shape index (κ1) is 17.3. The Hall–Kier alpha value is -1.10. The minimum Gasteiger partial charge on any atom is -0.491 e. The summed E-state index contributed by atoms with van der Waals surface area (Å²) in [6.45, 7) is 8.84. The Morgan fingerprint density at radius 2 is 2.05 bits per heavy atom. The topological polar surface area (TPSA) is 50.7 Å². The lowest BCUT2D eigenvalue weighted by Crippen LogP contribution is -2.41. The molecular weight excluding hydrogens is 278 g/mol. The molecular formula is C18H29NO3. The maximum absolute atomic E-state index is 10.1. The van der Waals surface area contributed by atoms with Crippen LogP contribution in [0, 0.1) is 19.8 Å². The molecule has 2 rings (SSSR count). The third-order valence-electron chi connectivity index (χ3n) is 4.42. The van der Waals surface area contributed by atoms with E-state index in [1.165, 1.54) is 5.56 Å². The van der Waals surface area contributed by atoms with Gasteiger partial charge in [0, 0.05) is 25.8 Å². The monoisotopic (exact) mass is 307 g/mol. The molecule has 0 spiro atoms. The standard InChI is InChI=1S/C18H29NO3/c1-13-4-5-14(2)18(10-13)22-12-17(20)11-19-15(3)16-6-8-21-9-7-16/h4-5,10,15-17,19-20H,6-9,11-12H2,1-3H3. The summed E-state index contributed by atoms with van der Waals surface area (Å²) in [5.74, 6) is 1.50. The fourth-order valence-corrected chi connectivity index (χ4v) is 2.81. The summed E-state index contributed by atoms with van der Waals surface area (Å²) < 4.78 is 11.1. The van der Waals surface area contributed by atoms with Crippen molar-refractivity contribution >= 4 is 0 Å². The Bertz CT molecular complexity index is 458. The largest absolute Gasteiger partial charge is 0.491 e. The number of benzene rings is 1. The zero-order valence-electron chi connectivity index (χ0n) is 14.0. The van der Waals surface area contributed by atoms with Gasteiger partial charge in [0.05, 0.1) is 0 Å². The van der Waals surface area contributed by atoms with E-state index in [2.05, 4.69) is 18.3 Å². The summed E-state index contributed by atoms with van der Waals surface area (Å²) in [4.78, 5) is 0. The molecule has 1 fully saturated rings. The van der Waals surface area contributed by atoms with Gasteiger partial charge in [0.2, 0.25) is 0 Å². The molecule has 2 unspecified atom stereocenters. The third kappa shape index (κ3) is 5.27. The Kier molecular flexibility index (Phi) is 6.68. The molecule has 1 aliphatic rings. The summed E-state index contributed by atoms with van der Waals surface area (Å²) in [6.07, 6.45) is 1.70. The average Bonchev–Trinajstić information content (AvgIpc) is 2.54. The van der Waals surface area contributed by atoms with E-state index in [0.717, 1.165) is 37.4 Å². The van der Waals surface area contributed by atoms with E-state index in [4.69, 9.17) is 9.47 Å². The highest BCUT2D eigenvalue weighted by molar-refractivity contribution is 5.35. The van der Waals surface area contributed by atoms with Gasteiger partial charge >= 0.3 is 0 Å². The maximum atomic E-state index is 10.1. The molecule has 1 aliphatic heterocycles. The molecule has 2 atom stereocenters. The number of hydrogen-bond acceptors (Lipinski definition) is 4. The van der Waals surface area contributed by atoms with Crippen LogP contribution in [-0.4, -0.2) is 43.6 Å². The summed E-state index contributed by atoms with van der Waals surface area (Å²) in [5.41, 5.74) is 2.27. The molecule has 4 heteroatoms. The van der Waals surface area contributed by atoms with E-state index < -0.39 is 6.10 Å². The van der Waals surface area contributed by atoms with Crippen LogP contribution >= 0.6 is 0 Å². The number of aryl methyl sites for hydroxylation is 2. The number of nitrogens with one attached hydrogen (secondary N) is 1. The quantitative estimate of drug-likeness (QED) is 0.812. The molecule has 0 saturated carbocycles. The molecule has 1 saturated heterocycles. The van der Waals surface area contributed by atoms with Crippen molar-refractivity contribution < 1.29 is 14.6 Å². The molecule has 22 heavy (non-hydrogen) atoms. The zero-order valence-corrected chi connectivity index (χ0v) is 14.0.